The van der Waals surface area contributed by atoms with E-state index in [9.17, 15) is 4.79 Å². The molecule has 0 unspecified atom stereocenters. The molecule has 4 rings (SSSR count). The van der Waals surface area contributed by atoms with Crippen LogP contribution in [0.25, 0.3) is 0 Å². The van der Waals surface area contributed by atoms with Gasteiger partial charge in [-0.25, -0.2) is 0 Å². The molecule has 28 heavy (non-hydrogen) atoms. The standard InChI is InChI=1S/C21H23N5O2/c22-10-12-25-14-19(23-24-25)21(27)26-11-4-7-17-13-18(8-9-20(17)26)28-15-16-5-2-1-3-6-16/h1-3,5-6,8-9,13-14H,4,7,10-12,15,22H2. The lowest BCUT2D eigenvalue weighted by Crippen LogP contribution is -2.35. The van der Waals surface area contributed by atoms with Crippen molar-refractivity contribution in [2.45, 2.75) is 26.0 Å². The third-order valence-corrected chi connectivity index (χ3v) is 4.78. The monoisotopic (exact) mass is 377 g/mol. The average Bonchev–Trinajstić information content (AvgIpc) is 3.21. The van der Waals surface area contributed by atoms with Gasteiger partial charge in [-0.2, -0.15) is 0 Å². The zero-order chi connectivity index (χ0) is 19.3. The normalized spacial score (nSPS) is 13.2. The fourth-order valence-electron chi connectivity index (χ4n) is 3.39. The number of nitrogens with two attached hydrogens (primary N) is 1. The quantitative estimate of drug-likeness (QED) is 0.713. The van der Waals surface area contributed by atoms with Gasteiger partial charge in [-0.1, -0.05) is 35.5 Å². The topological polar surface area (TPSA) is 86.3 Å². The predicted molar refractivity (Wildman–Crippen MR) is 106 cm³/mol. The molecular formula is C21H23N5O2. The van der Waals surface area contributed by atoms with Crippen molar-refractivity contribution in [1.82, 2.24) is 15.0 Å². The zero-order valence-corrected chi connectivity index (χ0v) is 15.6. The van der Waals surface area contributed by atoms with Gasteiger partial charge in [0.1, 0.15) is 12.4 Å². The minimum Gasteiger partial charge on any atom is -0.489 e. The molecule has 0 saturated heterocycles. The van der Waals surface area contributed by atoms with Gasteiger partial charge in [0.15, 0.2) is 5.69 Å². The highest BCUT2D eigenvalue weighted by atomic mass is 16.5. The van der Waals surface area contributed by atoms with E-state index in [1.807, 2.05) is 48.5 Å². The maximum Gasteiger partial charge on any atom is 0.280 e. The van der Waals surface area contributed by atoms with Crippen LogP contribution in [0.15, 0.2) is 54.7 Å². The molecule has 1 aliphatic rings. The number of carbonyl (C=O) groups excluding carboxylic acids is 1. The summed E-state index contributed by atoms with van der Waals surface area (Å²) in [5, 5.41) is 7.97. The average molecular weight is 377 g/mol. The molecule has 1 amide bonds. The summed E-state index contributed by atoms with van der Waals surface area (Å²) in [6, 6.07) is 16.0. The van der Waals surface area contributed by atoms with Crippen LogP contribution < -0.4 is 15.4 Å². The summed E-state index contributed by atoms with van der Waals surface area (Å²) in [7, 11) is 0. The molecule has 0 atom stereocenters. The van der Waals surface area contributed by atoms with Crippen LogP contribution in [0, 0.1) is 0 Å². The number of ether oxygens (including phenoxy) is 1. The van der Waals surface area contributed by atoms with Gasteiger partial charge < -0.3 is 15.4 Å². The Labute approximate surface area is 163 Å². The maximum absolute atomic E-state index is 12.9. The molecule has 1 aromatic heterocycles. The van der Waals surface area contributed by atoms with E-state index in [4.69, 9.17) is 10.5 Å². The third kappa shape index (κ3) is 3.89. The fraction of sp³-hybridized carbons (Fsp3) is 0.286. The van der Waals surface area contributed by atoms with E-state index in [0.717, 1.165) is 35.4 Å². The first-order chi connectivity index (χ1) is 13.7. The van der Waals surface area contributed by atoms with Crippen LogP contribution in [-0.2, 0) is 19.6 Å². The Balaban J connectivity index is 1.50. The van der Waals surface area contributed by atoms with E-state index in [1.165, 1.54) is 0 Å². The van der Waals surface area contributed by atoms with E-state index < -0.39 is 0 Å². The number of rotatable bonds is 6. The Morgan fingerprint density at radius 1 is 1.18 bits per heavy atom. The number of aryl methyl sites for hydroxylation is 1. The molecule has 2 heterocycles. The minimum atomic E-state index is -0.137. The summed E-state index contributed by atoms with van der Waals surface area (Å²) < 4.78 is 7.52. The second kappa shape index (κ2) is 8.22. The number of aromatic nitrogens is 3. The van der Waals surface area contributed by atoms with Crippen molar-refractivity contribution in [3.8, 4) is 5.75 Å². The van der Waals surface area contributed by atoms with E-state index in [2.05, 4.69) is 10.3 Å². The lowest BCUT2D eigenvalue weighted by molar-refractivity contribution is 0.0980. The van der Waals surface area contributed by atoms with Crippen molar-refractivity contribution >= 4 is 11.6 Å². The van der Waals surface area contributed by atoms with E-state index in [0.29, 0.717) is 31.9 Å². The second-order valence-electron chi connectivity index (χ2n) is 6.78. The Morgan fingerprint density at radius 2 is 2.04 bits per heavy atom. The van der Waals surface area contributed by atoms with Crippen molar-refractivity contribution in [1.29, 1.82) is 0 Å². The fourth-order valence-corrected chi connectivity index (χ4v) is 3.39. The molecule has 1 aliphatic heterocycles. The van der Waals surface area contributed by atoms with E-state index in [-0.39, 0.29) is 5.91 Å². The molecule has 0 bridgehead atoms. The van der Waals surface area contributed by atoms with Gasteiger partial charge in [-0.15, -0.1) is 5.10 Å². The van der Waals surface area contributed by atoms with Crippen molar-refractivity contribution in [3.63, 3.8) is 0 Å². The van der Waals surface area contributed by atoms with Gasteiger partial charge in [0.2, 0.25) is 0 Å². The molecule has 0 fully saturated rings. The molecule has 0 aliphatic carbocycles. The molecule has 7 nitrogen and oxygen atoms in total. The molecule has 3 aromatic rings. The summed E-state index contributed by atoms with van der Waals surface area (Å²) >= 11 is 0. The largest absolute Gasteiger partial charge is 0.489 e. The number of carbonyl (C=O) groups is 1. The molecule has 0 spiro atoms. The Bertz CT molecular complexity index is 954. The highest BCUT2D eigenvalue weighted by Crippen LogP contribution is 2.31. The Morgan fingerprint density at radius 3 is 2.86 bits per heavy atom. The molecule has 0 saturated carbocycles. The SMILES string of the molecule is NCCn1cc(C(=O)N2CCCc3cc(OCc4ccccc4)ccc32)nn1. The van der Waals surface area contributed by atoms with Crippen molar-refractivity contribution in [2.24, 2.45) is 5.73 Å². The minimum absolute atomic E-state index is 0.137. The molecule has 2 aromatic carbocycles. The van der Waals surface area contributed by atoms with Crippen LogP contribution in [0.5, 0.6) is 5.75 Å². The number of hydrogen-bond acceptors (Lipinski definition) is 5. The van der Waals surface area contributed by atoms with Gasteiger partial charge in [-0.05, 0) is 42.2 Å². The number of anilines is 1. The highest BCUT2D eigenvalue weighted by Gasteiger charge is 2.26. The first-order valence-corrected chi connectivity index (χ1v) is 9.46. The lowest BCUT2D eigenvalue weighted by Gasteiger charge is -2.29. The molecular weight excluding hydrogens is 354 g/mol. The van der Waals surface area contributed by atoms with Gasteiger partial charge in [0, 0.05) is 18.8 Å². The molecule has 144 valence electrons. The number of hydrogen-bond donors (Lipinski definition) is 1. The van der Waals surface area contributed by atoms with Gasteiger partial charge in [-0.3, -0.25) is 9.48 Å². The molecule has 7 heteroatoms. The summed E-state index contributed by atoms with van der Waals surface area (Å²) in [4.78, 5) is 14.7. The smallest absolute Gasteiger partial charge is 0.280 e. The lowest BCUT2D eigenvalue weighted by atomic mass is 10.0. The summed E-state index contributed by atoms with van der Waals surface area (Å²) in [6.07, 6.45) is 3.47. The first-order valence-electron chi connectivity index (χ1n) is 9.46. The zero-order valence-electron chi connectivity index (χ0n) is 15.6. The van der Waals surface area contributed by atoms with Crippen LogP contribution in [0.3, 0.4) is 0 Å². The number of benzene rings is 2. The highest BCUT2D eigenvalue weighted by molar-refractivity contribution is 6.05. The van der Waals surface area contributed by atoms with E-state index in [1.54, 1.807) is 15.8 Å². The Kier molecular flexibility index (Phi) is 5.34. The van der Waals surface area contributed by atoms with Crippen molar-refractivity contribution in [3.05, 3.63) is 71.5 Å². The maximum atomic E-state index is 12.9. The second-order valence-corrected chi connectivity index (χ2v) is 6.78. The van der Waals surface area contributed by atoms with Crippen LogP contribution in [0.2, 0.25) is 0 Å². The predicted octanol–water partition coefficient (Wildman–Crippen LogP) is 2.41. The van der Waals surface area contributed by atoms with Crippen molar-refractivity contribution in [2.75, 3.05) is 18.0 Å². The molecule has 2 N–H and O–H groups in total. The first kappa shape index (κ1) is 18.2. The van der Waals surface area contributed by atoms with Crippen LogP contribution in [0.4, 0.5) is 5.69 Å². The van der Waals surface area contributed by atoms with Gasteiger partial charge >= 0.3 is 0 Å². The van der Waals surface area contributed by atoms with E-state index >= 15 is 0 Å². The summed E-state index contributed by atoms with van der Waals surface area (Å²) in [5.74, 6) is 0.674. The summed E-state index contributed by atoms with van der Waals surface area (Å²) in [6.45, 7) is 2.18. The van der Waals surface area contributed by atoms with Crippen LogP contribution >= 0.6 is 0 Å². The number of amides is 1. The van der Waals surface area contributed by atoms with Crippen LogP contribution in [0.1, 0.15) is 28.0 Å². The van der Waals surface area contributed by atoms with Crippen LogP contribution in [-0.4, -0.2) is 34.0 Å². The number of nitrogens with zero attached hydrogens (tertiary/aromatic N) is 4. The van der Waals surface area contributed by atoms with Gasteiger partial charge in [0.05, 0.1) is 12.7 Å². The third-order valence-electron chi connectivity index (χ3n) is 4.78. The summed E-state index contributed by atoms with van der Waals surface area (Å²) in [5.41, 5.74) is 9.02. The Hall–Kier alpha value is -3.19. The van der Waals surface area contributed by atoms with Gasteiger partial charge in [0.25, 0.3) is 5.91 Å². The van der Waals surface area contributed by atoms with Crippen molar-refractivity contribution < 1.29 is 9.53 Å². The molecule has 0 radical (unpaired) electrons. The number of fused-ring (bicyclic) bond motifs is 1.